The standard InChI is InChI=1S/C70H80N6O10/c1-49(77)75-43-15-11-27-61(75)69(83)85-63(39-33-51-19-7-5-8-20-51)57-23-17-25-59(45-57)67(81)73-47-53-29-35-55(36-30-53)65(79)71-41-13-3-4-14-42-72-66(80)56-37-31-54(32-38-56)48-74-68(82)60-26-18-24-58(46-60)64(40-34-52-21-9-6-10-22-52)86-70(84)62-28-12-16-44-76(62)50(2)78/h5-10,17-26,29-32,35-38,45-46,61-64H,3-4,11-16,27-28,33-34,39-44,47-48H2,1-2H3,(H,71,79)(H,72,80)(H,73,81)(H,74,82)/t61?,62?,63-,64-/m1/s1. The summed E-state index contributed by atoms with van der Waals surface area (Å²) in [5, 5.41) is 11.9. The van der Waals surface area contributed by atoms with Crippen molar-refractivity contribution in [2.45, 2.75) is 141 Å². The first-order valence-electron chi connectivity index (χ1n) is 30.3. The second-order valence-corrected chi connectivity index (χ2v) is 22.3. The molecule has 0 aromatic heterocycles. The molecule has 2 aliphatic heterocycles. The molecular weight excluding hydrogens is 1080 g/mol. The molecule has 8 rings (SSSR count). The molecule has 0 spiro atoms. The molecule has 450 valence electrons. The van der Waals surface area contributed by atoms with E-state index in [0.29, 0.717) is 98.1 Å². The summed E-state index contributed by atoms with van der Waals surface area (Å²) < 4.78 is 12.3. The highest BCUT2D eigenvalue weighted by Gasteiger charge is 2.35. The number of carbonyl (C=O) groups is 8. The van der Waals surface area contributed by atoms with Crippen LogP contribution in [0.4, 0.5) is 0 Å². The Morgan fingerprint density at radius 2 is 0.802 bits per heavy atom. The van der Waals surface area contributed by atoms with Gasteiger partial charge < -0.3 is 40.5 Å². The number of nitrogens with one attached hydrogen (secondary N) is 4. The van der Waals surface area contributed by atoms with Gasteiger partial charge in [-0.3, -0.25) is 28.8 Å². The van der Waals surface area contributed by atoms with Gasteiger partial charge in [-0.05, 0) is 159 Å². The third-order valence-corrected chi connectivity index (χ3v) is 16.0. The average Bonchev–Trinajstić information content (AvgIpc) is 3.19. The Morgan fingerprint density at radius 3 is 1.19 bits per heavy atom. The first kappa shape index (κ1) is 63.1. The van der Waals surface area contributed by atoms with Crippen molar-refractivity contribution in [2.75, 3.05) is 26.2 Å². The third kappa shape index (κ3) is 18.8. The van der Waals surface area contributed by atoms with Gasteiger partial charge in [-0.1, -0.05) is 122 Å². The minimum Gasteiger partial charge on any atom is -0.456 e. The second-order valence-electron chi connectivity index (χ2n) is 22.3. The van der Waals surface area contributed by atoms with Crippen LogP contribution in [0.3, 0.4) is 0 Å². The Labute approximate surface area is 504 Å². The maximum Gasteiger partial charge on any atom is 0.329 e. The summed E-state index contributed by atoms with van der Waals surface area (Å²) >= 11 is 0. The molecule has 6 aromatic carbocycles. The summed E-state index contributed by atoms with van der Waals surface area (Å²) in [6, 6.07) is 47.0. The Morgan fingerprint density at radius 1 is 0.419 bits per heavy atom. The quantitative estimate of drug-likeness (QED) is 0.0283. The van der Waals surface area contributed by atoms with Gasteiger partial charge in [-0.15, -0.1) is 0 Å². The number of nitrogens with zero attached hydrogens (tertiary/aromatic N) is 2. The van der Waals surface area contributed by atoms with Crippen LogP contribution in [0, 0.1) is 0 Å². The van der Waals surface area contributed by atoms with Crippen LogP contribution < -0.4 is 21.3 Å². The van der Waals surface area contributed by atoms with Crippen molar-refractivity contribution in [3.8, 4) is 0 Å². The average molecular weight is 1170 g/mol. The van der Waals surface area contributed by atoms with Crippen LogP contribution in [0.15, 0.2) is 158 Å². The van der Waals surface area contributed by atoms with Crippen LogP contribution in [0.5, 0.6) is 0 Å². The number of piperidine rings is 2. The van der Waals surface area contributed by atoms with Crippen LogP contribution in [-0.2, 0) is 54.6 Å². The van der Waals surface area contributed by atoms with Gasteiger partial charge in [0.05, 0.1) is 0 Å². The van der Waals surface area contributed by atoms with Gasteiger partial charge in [-0.25, -0.2) is 9.59 Å². The topological polar surface area (TPSA) is 210 Å². The third-order valence-electron chi connectivity index (χ3n) is 16.0. The number of benzene rings is 6. The molecule has 6 amide bonds. The van der Waals surface area contributed by atoms with Crippen molar-refractivity contribution in [2.24, 2.45) is 0 Å². The zero-order valence-electron chi connectivity index (χ0n) is 49.4. The SMILES string of the molecule is CC(=O)N1CCCCC1C(=O)O[C@H](CCc1ccccc1)c1cccc(C(=O)NCc2ccc(C(=O)NCCCCCCNC(=O)c3ccc(CNC(=O)c4cccc([C@@H](CCc5ccccc5)OC(=O)C5CCCCN5C(C)=O)c4)cc3)cc2)c1. The van der Waals surface area contributed by atoms with Crippen LogP contribution in [-0.4, -0.2) is 95.4 Å². The van der Waals surface area contributed by atoms with E-state index in [2.05, 4.69) is 21.3 Å². The van der Waals surface area contributed by atoms with E-state index in [-0.39, 0.29) is 48.5 Å². The highest BCUT2D eigenvalue weighted by atomic mass is 16.5. The smallest absolute Gasteiger partial charge is 0.329 e. The summed E-state index contributed by atoms with van der Waals surface area (Å²) in [5.74, 6) is -2.15. The van der Waals surface area contributed by atoms with E-state index >= 15 is 0 Å². The van der Waals surface area contributed by atoms with Crippen molar-refractivity contribution in [3.05, 3.63) is 213 Å². The van der Waals surface area contributed by atoms with Crippen molar-refractivity contribution in [1.82, 2.24) is 31.1 Å². The van der Waals surface area contributed by atoms with Crippen molar-refractivity contribution < 1.29 is 47.8 Å². The van der Waals surface area contributed by atoms with Gasteiger partial charge in [0.15, 0.2) is 0 Å². The van der Waals surface area contributed by atoms with Gasteiger partial charge in [-0.2, -0.15) is 0 Å². The molecule has 4 N–H and O–H groups in total. The maximum atomic E-state index is 13.6. The molecule has 2 fully saturated rings. The van der Waals surface area contributed by atoms with E-state index in [1.54, 1.807) is 70.5 Å². The van der Waals surface area contributed by atoms with E-state index < -0.39 is 36.2 Å². The normalized spacial score (nSPS) is 15.5. The second kappa shape index (κ2) is 32.4. The number of carbonyl (C=O) groups excluding carboxylic acids is 8. The number of unbranched alkanes of at least 4 members (excludes halogenated alkanes) is 3. The molecule has 0 bridgehead atoms. The zero-order valence-corrected chi connectivity index (χ0v) is 49.4. The number of ether oxygens (including phenoxy) is 2. The van der Waals surface area contributed by atoms with Crippen LogP contribution in [0.1, 0.15) is 178 Å². The molecule has 2 saturated heterocycles. The fraction of sp³-hybridized carbons (Fsp3) is 0.371. The Bertz CT molecular complexity index is 3030. The van der Waals surface area contributed by atoms with Gasteiger partial charge in [0.2, 0.25) is 11.8 Å². The van der Waals surface area contributed by atoms with E-state index in [1.165, 1.54) is 13.8 Å². The number of hydrogen-bond acceptors (Lipinski definition) is 10. The number of amides is 6. The number of rotatable bonds is 27. The molecule has 2 unspecified atom stereocenters. The summed E-state index contributed by atoms with van der Waals surface area (Å²) in [6.45, 7) is 5.47. The summed E-state index contributed by atoms with van der Waals surface area (Å²) in [7, 11) is 0. The van der Waals surface area contributed by atoms with E-state index in [4.69, 9.17) is 9.47 Å². The van der Waals surface area contributed by atoms with Gasteiger partial charge in [0.1, 0.15) is 24.3 Å². The lowest BCUT2D eigenvalue weighted by Gasteiger charge is -2.34. The molecule has 86 heavy (non-hydrogen) atoms. The largest absolute Gasteiger partial charge is 0.456 e. The number of esters is 2. The molecule has 16 nitrogen and oxygen atoms in total. The predicted molar refractivity (Wildman–Crippen MR) is 328 cm³/mol. The van der Waals surface area contributed by atoms with Gasteiger partial charge >= 0.3 is 11.9 Å². The molecule has 0 aliphatic carbocycles. The molecule has 2 heterocycles. The van der Waals surface area contributed by atoms with Crippen LogP contribution >= 0.6 is 0 Å². The van der Waals surface area contributed by atoms with Gasteiger partial charge in [0, 0.05) is 75.4 Å². The summed E-state index contributed by atoms with van der Waals surface area (Å²) in [4.78, 5) is 108. The number of aryl methyl sites for hydroxylation is 2. The first-order valence-corrected chi connectivity index (χ1v) is 30.3. The Kier molecular flexibility index (Phi) is 23.8. The molecule has 2 aliphatic rings. The van der Waals surface area contributed by atoms with E-state index in [1.807, 2.05) is 97.1 Å². The minimum absolute atomic E-state index is 0.151. The van der Waals surface area contributed by atoms with Crippen LogP contribution in [0.25, 0.3) is 0 Å². The first-order chi connectivity index (χ1) is 41.8. The number of likely N-dealkylation sites (tertiary alicyclic amines) is 2. The molecule has 6 aromatic rings. The van der Waals surface area contributed by atoms with Crippen LogP contribution in [0.2, 0.25) is 0 Å². The molecule has 16 heteroatoms. The van der Waals surface area contributed by atoms with E-state index in [0.717, 1.165) is 73.6 Å². The zero-order chi connectivity index (χ0) is 60.6. The summed E-state index contributed by atoms with van der Waals surface area (Å²) in [6.07, 6.45) is 8.77. The lowest BCUT2D eigenvalue weighted by molar-refractivity contribution is -0.162. The van der Waals surface area contributed by atoms with Gasteiger partial charge in [0.25, 0.3) is 23.6 Å². The fourth-order valence-electron chi connectivity index (χ4n) is 11.1. The molecule has 0 radical (unpaired) electrons. The van der Waals surface area contributed by atoms with E-state index in [9.17, 15) is 38.4 Å². The number of hydrogen-bond donors (Lipinski definition) is 4. The highest BCUT2D eigenvalue weighted by Crippen LogP contribution is 2.30. The molecule has 4 atom stereocenters. The Hall–Kier alpha value is -8.92. The maximum absolute atomic E-state index is 13.6. The summed E-state index contributed by atoms with van der Waals surface area (Å²) in [5.41, 5.74) is 7.05. The molecule has 0 saturated carbocycles. The minimum atomic E-state index is -0.636. The fourth-order valence-corrected chi connectivity index (χ4v) is 11.1. The lowest BCUT2D eigenvalue weighted by atomic mass is 9.98. The van der Waals surface area contributed by atoms with Crippen molar-refractivity contribution in [1.29, 1.82) is 0 Å². The lowest BCUT2D eigenvalue weighted by Crippen LogP contribution is -2.48. The predicted octanol–water partition coefficient (Wildman–Crippen LogP) is 10.5. The van der Waals surface area contributed by atoms with Crippen molar-refractivity contribution >= 4 is 47.4 Å². The van der Waals surface area contributed by atoms with Crippen molar-refractivity contribution in [3.63, 3.8) is 0 Å². The monoisotopic (exact) mass is 1160 g/mol. The highest BCUT2D eigenvalue weighted by molar-refractivity contribution is 5.96. The molecular formula is C70H80N6O10. The Balaban J connectivity index is 0.716.